The third kappa shape index (κ3) is 5.18. The second-order valence-electron chi connectivity index (χ2n) is 2.30. The molecule has 0 bridgehead atoms. The summed E-state index contributed by atoms with van der Waals surface area (Å²) in [7, 11) is 0. The van der Waals surface area contributed by atoms with Crippen LogP contribution in [0.15, 0.2) is 0 Å². The van der Waals surface area contributed by atoms with Crippen molar-refractivity contribution in [1.29, 1.82) is 0 Å². The van der Waals surface area contributed by atoms with Gasteiger partial charge in [0, 0.05) is 12.2 Å². The molecule has 0 spiro atoms. The van der Waals surface area contributed by atoms with Crippen molar-refractivity contribution in [2.45, 2.75) is 25.8 Å². The summed E-state index contributed by atoms with van der Waals surface area (Å²) in [5.74, 6) is 1.82. The highest BCUT2D eigenvalue weighted by atomic mass is 32.2. The predicted octanol–water partition coefficient (Wildman–Crippen LogP) is 0.995. The Morgan fingerprint density at radius 3 is 2.75 bits per heavy atom. The van der Waals surface area contributed by atoms with Gasteiger partial charge in [-0.2, -0.15) is 11.8 Å². The fourth-order valence-electron chi connectivity index (χ4n) is 0.657. The Morgan fingerprint density at radius 1 is 1.67 bits per heavy atom. The van der Waals surface area contributed by atoms with E-state index >= 15 is 0 Å². The van der Waals surface area contributed by atoms with Gasteiger partial charge in [-0.15, -0.1) is 0 Å². The highest BCUT2D eigenvalue weighted by molar-refractivity contribution is 8.00. The number of thioether (sulfide) groups is 1. The number of hydrogen-bond donors (Lipinski definition) is 1. The average Bonchev–Trinajstić information content (AvgIpc) is 2.11. The number of amides is 1. The van der Waals surface area contributed by atoms with Crippen molar-refractivity contribution in [2.24, 2.45) is 0 Å². The summed E-state index contributed by atoms with van der Waals surface area (Å²) in [4.78, 5) is 21.3. The molecule has 1 radical (unpaired) electrons. The molecule has 1 atom stereocenters. The van der Waals surface area contributed by atoms with Gasteiger partial charge in [-0.3, -0.25) is 4.79 Å². The summed E-state index contributed by atoms with van der Waals surface area (Å²) < 4.78 is 0. The maximum Gasteiger partial charge on any atom is 0.220 e. The van der Waals surface area contributed by atoms with Crippen molar-refractivity contribution < 1.29 is 9.59 Å². The molecular weight excluding hydrogens is 174 g/mol. The molecule has 0 aromatic carbocycles. The van der Waals surface area contributed by atoms with Gasteiger partial charge in [-0.1, -0.05) is 6.92 Å². The van der Waals surface area contributed by atoms with Crippen molar-refractivity contribution >= 4 is 24.0 Å². The lowest BCUT2D eigenvalue weighted by Crippen LogP contribution is -2.35. The number of carbonyl (C=O) groups excluding carboxylic acids is 2. The minimum Gasteiger partial charge on any atom is -0.347 e. The van der Waals surface area contributed by atoms with Gasteiger partial charge < -0.3 is 10.1 Å². The quantitative estimate of drug-likeness (QED) is 0.632. The average molecular weight is 188 g/mol. The lowest BCUT2D eigenvalue weighted by molar-refractivity contribution is -0.123. The molecule has 0 saturated heterocycles. The molecule has 0 fully saturated rings. The lowest BCUT2D eigenvalue weighted by Gasteiger charge is -2.10. The summed E-state index contributed by atoms with van der Waals surface area (Å²) in [6.07, 6.45) is 3.70. The van der Waals surface area contributed by atoms with Gasteiger partial charge in [-0.05, 0) is 12.7 Å². The first kappa shape index (κ1) is 11.5. The summed E-state index contributed by atoms with van der Waals surface area (Å²) in [5.41, 5.74) is 0. The number of nitrogens with one attached hydrogen (secondary N) is 1. The Hall–Kier alpha value is -0.510. The zero-order valence-electron chi connectivity index (χ0n) is 7.37. The minimum absolute atomic E-state index is 0.0818. The van der Waals surface area contributed by atoms with Gasteiger partial charge in [0.2, 0.25) is 5.91 Å². The summed E-state index contributed by atoms with van der Waals surface area (Å²) in [5, 5.41) is 2.60. The lowest BCUT2D eigenvalue weighted by atomic mass is 10.2. The second-order valence-corrected chi connectivity index (χ2v) is 3.11. The Morgan fingerprint density at radius 2 is 2.33 bits per heavy atom. The van der Waals surface area contributed by atoms with Gasteiger partial charge >= 0.3 is 0 Å². The van der Waals surface area contributed by atoms with E-state index in [1.165, 1.54) is 0 Å². The van der Waals surface area contributed by atoms with Gasteiger partial charge in [-0.25, -0.2) is 0 Å². The summed E-state index contributed by atoms with van der Waals surface area (Å²) in [6.45, 7) is 1.76. The van der Waals surface area contributed by atoms with E-state index in [9.17, 15) is 9.59 Å². The normalized spacial score (nSPS) is 12.2. The van der Waals surface area contributed by atoms with E-state index in [2.05, 4.69) is 5.32 Å². The largest absolute Gasteiger partial charge is 0.347 e. The molecule has 0 aromatic heterocycles. The Bertz CT molecular complexity index is 150. The van der Waals surface area contributed by atoms with E-state index in [1.807, 2.05) is 12.0 Å². The highest BCUT2D eigenvalue weighted by Gasteiger charge is 2.08. The fourth-order valence-corrected chi connectivity index (χ4v) is 1.06. The van der Waals surface area contributed by atoms with Crippen LogP contribution in [0.1, 0.15) is 19.8 Å². The van der Waals surface area contributed by atoms with E-state index in [4.69, 9.17) is 0 Å². The van der Waals surface area contributed by atoms with Gasteiger partial charge in [0.05, 0.1) is 6.04 Å². The van der Waals surface area contributed by atoms with Crippen LogP contribution >= 0.6 is 11.8 Å². The second kappa shape index (κ2) is 7.16. The summed E-state index contributed by atoms with van der Waals surface area (Å²) >= 11 is 1.54. The van der Waals surface area contributed by atoms with Gasteiger partial charge in [0.15, 0.2) is 0 Å². The third-order valence-electron chi connectivity index (χ3n) is 1.35. The van der Waals surface area contributed by atoms with Crippen LogP contribution in [0, 0.1) is 5.75 Å². The van der Waals surface area contributed by atoms with Crippen LogP contribution in [0.25, 0.3) is 0 Å². The molecule has 4 heteroatoms. The van der Waals surface area contributed by atoms with Crippen LogP contribution in [-0.4, -0.2) is 24.5 Å². The van der Waals surface area contributed by atoms with E-state index < -0.39 is 0 Å². The van der Waals surface area contributed by atoms with Crippen LogP contribution in [0.3, 0.4) is 0 Å². The van der Waals surface area contributed by atoms with Crippen molar-refractivity contribution in [3.05, 3.63) is 5.75 Å². The SMILES string of the molecule is CCC(=O)N[C@H](C=O)C[CH]SC. The zero-order chi connectivity index (χ0) is 9.40. The number of hydrogen-bond acceptors (Lipinski definition) is 3. The number of carbonyl (C=O) groups is 2. The standard InChI is InChI=1S/C8H14NO2S/c1-3-8(11)9-7(6-10)4-5-12-2/h5-7H,3-4H2,1-2H3,(H,9,11)/t7-/m0/s1. The van der Waals surface area contributed by atoms with Crippen molar-refractivity contribution in [3.63, 3.8) is 0 Å². The first-order valence-corrected chi connectivity index (χ1v) is 5.12. The Kier molecular flexibility index (Phi) is 6.85. The topological polar surface area (TPSA) is 46.2 Å². The number of rotatable bonds is 6. The van der Waals surface area contributed by atoms with E-state index in [1.54, 1.807) is 18.7 Å². The third-order valence-corrected chi connectivity index (χ3v) is 1.87. The Labute approximate surface area is 77.3 Å². The smallest absolute Gasteiger partial charge is 0.220 e. The van der Waals surface area contributed by atoms with E-state index in [-0.39, 0.29) is 11.9 Å². The molecule has 3 nitrogen and oxygen atoms in total. The van der Waals surface area contributed by atoms with Crippen LogP contribution in [0.4, 0.5) is 0 Å². The molecule has 0 aliphatic heterocycles. The molecule has 69 valence electrons. The molecule has 0 heterocycles. The number of aldehydes is 1. The molecule has 0 saturated carbocycles. The zero-order valence-corrected chi connectivity index (χ0v) is 8.19. The molecule has 0 aromatic rings. The molecular formula is C8H14NO2S. The van der Waals surface area contributed by atoms with Crippen molar-refractivity contribution in [2.75, 3.05) is 6.26 Å². The molecule has 0 unspecified atom stereocenters. The van der Waals surface area contributed by atoms with Crippen LogP contribution < -0.4 is 5.32 Å². The molecule has 12 heavy (non-hydrogen) atoms. The molecule has 0 rings (SSSR count). The highest BCUT2D eigenvalue weighted by Crippen LogP contribution is 2.04. The minimum atomic E-state index is -0.357. The maximum absolute atomic E-state index is 10.9. The molecule has 1 amide bonds. The predicted molar refractivity (Wildman–Crippen MR) is 50.7 cm³/mol. The first-order chi connectivity index (χ1) is 5.74. The molecule has 0 aliphatic carbocycles. The van der Waals surface area contributed by atoms with Gasteiger partial charge in [0.1, 0.15) is 6.29 Å². The van der Waals surface area contributed by atoms with Crippen molar-refractivity contribution in [3.8, 4) is 0 Å². The van der Waals surface area contributed by atoms with Crippen LogP contribution in [0.2, 0.25) is 0 Å². The van der Waals surface area contributed by atoms with E-state index in [0.717, 1.165) is 6.29 Å². The summed E-state index contributed by atoms with van der Waals surface area (Å²) in [6, 6.07) is -0.357. The first-order valence-electron chi connectivity index (χ1n) is 3.83. The molecule has 0 aliphatic rings. The van der Waals surface area contributed by atoms with Crippen LogP contribution in [-0.2, 0) is 9.59 Å². The van der Waals surface area contributed by atoms with Gasteiger partial charge in [0.25, 0.3) is 0 Å². The maximum atomic E-state index is 10.9. The molecule has 1 N–H and O–H groups in total. The van der Waals surface area contributed by atoms with E-state index in [0.29, 0.717) is 12.8 Å². The van der Waals surface area contributed by atoms with Crippen LogP contribution in [0.5, 0.6) is 0 Å². The van der Waals surface area contributed by atoms with Crippen molar-refractivity contribution in [1.82, 2.24) is 5.32 Å². The fraction of sp³-hybridized carbons (Fsp3) is 0.625. The Balaban J connectivity index is 3.66. The monoisotopic (exact) mass is 188 g/mol.